The van der Waals surface area contributed by atoms with Crippen LogP contribution in [0.4, 0.5) is 0 Å². The number of fused-ring (bicyclic) bond motifs is 22. The van der Waals surface area contributed by atoms with Crippen LogP contribution < -0.4 is 16.4 Å². The molecule has 20 rings (SSSR count). The van der Waals surface area contributed by atoms with Gasteiger partial charge in [0.25, 0.3) is 6.71 Å². The fourth-order valence-corrected chi connectivity index (χ4v) is 14.8. The predicted octanol–water partition coefficient (Wildman–Crippen LogP) is 16.5. The summed E-state index contributed by atoms with van der Waals surface area (Å²) in [6.07, 6.45) is 0. The first-order chi connectivity index (χ1) is 41.2. The zero-order chi connectivity index (χ0) is 53.8. The average Bonchev–Trinajstić information content (AvgIpc) is 1.54. The summed E-state index contributed by atoms with van der Waals surface area (Å²) in [7, 11) is 0. The minimum Gasteiger partial charge on any atom is -0.456 e. The maximum Gasteiger partial charge on any atom is 0.262 e. The van der Waals surface area contributed by atoms with E-state index in [1.54, 1.807) is 0 Å². The molecule has 0 fully saturated rings. The normalized spacial score (nSPS) is 12.8. The molecule has 0 unspecified atom stereocenters. The van der Waals surface area contributed by atoms with Gasteiger partial charge in [-0.05, 0) is 92.8 Å². The van der Waals surface area contributed by atoms with E-state index < -0.39 is 0 Å². The summed E-state index contributed by atoms with van der Waals surface area (Å²) in [5.41, 5.74) is 25.6. The molecular formula is C74H41BN6O2. The van der Waals surface area contributed by atoms with Crippen LogP contribution >= 0.6 is 0 Å². The molecule has 18 aromatic rings. The van der Waals surface area contributed by atoms with Crippen LogP contribution in [0.5, 0.6) is 0 Å². The first kappa shape index (κ1) is 43.7. The number of hydrogen-bond acceptors (Lipinski definition) is 4. The lowest BCUT2D eigenvalue weighted by Crippen LogP contribution is -2.59. The van der Waals surface area contributed by atoms with Crippen LogP contribution in [0.3, 0.4) is 0 Å². The third-order valence-corrected chi connectivity index (χ3v) is 18.2. The predicted molar refractivity (Wildman–Crippen MR) is 339 cm³/mol. The van der Waals surface area contributed by atoms with Crippen molar-refractivity contribution in [1.82, 2.24) is 27.9 Å². The fraction of sp³-hybridized carbons (Fsp3) is 0. The molecule has 7 aromatic heterocycles. The lowest BCUT2D eigenvalue weighted by Gasteiger charge is -2.30. The molecule has 8 nitrogen and oxygen atoms in total. The third-order valence-electron chi connectivity index (χ3n) is 18.2. The molecule has 0 spiro atoms. The summed E-state index contributed by atoms with van der Waals surface area (Å²) in [6, 6.07) is 89.6. The van der Waals surface area contributed by atoms with Gasteiger partial charge in [0.1, 0.15) is 45.3 Å². The Kier molecular flexibility index (Phi) is 8.32. The van der Waals surface area contributed by atoms with Gasteiger partial charge < -0.3 is 8.83 Å². The number of aromatic nitrogens is 6. The highest BCUT2D eigenvalue weighted by Gasteiger charge is 2.47. The van der Waals surface area contributed by atoms with E-state index in [1.165, 1.54) is 22.1 Å². The van der Waals surface area contributed by atoms with Crippen LogP contribution in [0.2, 0.25) is 0 Å². The summed E-state index contributed by atoms with van der Waals surface area (Å²) in [5, 5.41) is 6.53. The zero-order valence-electron chi connectivity index (χ0n) is 44.2. The first-order valence-corrected chi connectivity index (χ1v) is 28.3. The van der Waals surface area contributed by atoms with Crippen LogP contribution in [0.25, 0.3) is 167 Å². The van der Waals surface area contributed by atoms with Gasteiger partial charge in [0.05, 0.1) is 33.1 Å². The third kappa shape index (κ3) is 5.60. The number of hydrogen-bond donors (Lipinski definition) is 0. The summed E-state index contributed by atoms with van der Waals surface area (Å²) >= 11 is 0. The number of nitrogens with zero attached hydrogens (tertiary/aromatic N) is 6. The Balaban J connectivity index is 1.01. The molecule has 2 aliphatic heterocycles. The molecule has 0 saturated carbocycles. The average molecular weight is 1060 g/mol. The molecule has 0 N–H and O–H groups in total. The van der Waals surface area contributed by atoms with Gasteiger partial charge in [-0.3, -0.25) is 17.9 Å². The van der Waals surface area contributed by atoms with Gasteiger partial charge in [0.15, 0.2) is 5.82 Å². The van der Waals surface area contributed by atoms with Crippen LogP contribution in [-0.4, -0.2) is 34.6 Å². The molecule has 0 saturated heterocycles. The molecule has 11 aromatic carbocycles. The highest BCUT2D eigenvalue weighted by molar-refractivity contribution is 7.02. The van der Waals surface area contributed by atoms with Crippen molar-refractivity contribution in [3.8, 4) is 67.5 Å². The van der Waals surface area contributed by atoms with E-state index >= 15 is 0 Å². The maximum atomic E-state index is 6.89. The van der Waals surface area contributed by atoms with Gasteiger partial charge in [0, 0.05) is 54.5 Å². The summed E-state index contributed by atoms with van der Waals surface area (Å²) in [4.78, 5) is 11.8. The van der Waals surface area contributed by atoms with Crippen molar-refractivity contribution >= 4 is 122 Å². The number of rotatable bonds is 5. The van der Waals surface area contributed by atoms with Crippen molar-refractivity contribution in [3.05, 3.63) is 249 Å². The number of imidazole rings is 2. The first-order valence-electron chi connectivity index (χ1n) is 28.3. The van der Waals surface area contributed by atoms with Gasteiger partial charge in [-0.2, -0.15) is 0 Å². The molecule has 0 bridgehead atoms. The molecule has 0 amide bonds. The van der Waals surface area contributed by atoms with Crippen molar-refractivity contribution in [2.75, 3.05) is 0 Å². The molecule has 9 heteroatoms. The number of benzene rings is 11. The van der Waals surface area contributed by atoms with E-state index in [1.807, 2.05) is 0 Å². The molecular weight excluding hydrogens is 1020 g/mol. The van der Waals surface area contributed by atoms with Gasteiger partial charge >= 0.3 is 0 Å². The molecule has 0 aliphatic carbocycles. The van der Waals surface area contributed by atoms with E-state index in [4.69, 9.17) is 18.8 Å². The van der Waals surface area contributed by atoms with Crippen molar-refractivity contribution in [2.24, 2.45) is 0 Å². The van der Waals surface area contributed by atoms with Crippen LogP contribution in [-0.2, 0) is 0 Å². The second-order valence-corrected chi connectivity index (χ2v) is 22.3. The minimum atomic E-state index is -0.359. The Morgan fingerprint density at radius 2 is 0.687 bits per heavy atom. The van der Waals surface area contributed by atoms with Crippen molar-refractivity contribution in [1.29, 1.82) is 0 Å². The lowest BCUT2D eigenvalue weighted by atomic mass is 9.35. The van der Waals surface area contributed by atoms with E-state index in [2.05, 4.69) is 267 Å². The monoisotopic (exact) mass is 1060 g/mol. The molecule has 382 valence electrons. The lowest BCUT2D eigenvalue weighted by molar-refractivity contribution is 0.669. The summed E-state index contributed by atoms with van der Waals surface area (Å²) in [5.74, 6) is 2.36. The van der Waals surface area contributed by atoms with Crippen LogP contribution in [0.1, 0.15) is 0 Å². The Morgan fingerprint density at radius 1 is 0.289 bits per heavy atom. The van der Waals surface area contributed by atoms with Crippen molar-refractivity contribution in [3.63, 3.8) is 0 Å². The van der Waals surface area contributed by atoms with E-state index in [-0.39, 0.29) is 6.71 Å². The molecule has 2 aliphatic rings. The maximum absolute atomic E-state index is 6.89. The van der Waals surface area contributed by atoms with E-state index in [9.17, 15) is 0 Å². The molecule has 83 heavy (non-hydrogen) atoms. The van der Waals surface area contributed by atoms with Crippen molar-refractivity contribution < 1.29 is 8.83 Å². The quantitative estimate of drug-likeness (QED) is 0.161. The highest BCUT2D eigenvalue weighted by atomic mass is 16.3. The van der Waals surface area contributed by atoms with Crippen LogP contribution in [0.15, 0.2) is 258 Å². The Morgan fingerprint density at radius 3 is 1.16 bits per heavy atom. The van der Waals surface area contributed by atoms with Gasteiger partial charge in [-0.1, -0.05) is 200 Å². The zero-order valence-corrected chi connectivity index (χ0v) is 44.2. The van der Waals surface area contributed by atoms with Crippen molar-refractivity contribution in [2.45, 2.75) is 0 Å². The second kappa shape index (κ2) is 15.8. The summed E-state index contributed by atoms with van der Waals surface area (Å²) < 4.78 is 23.8. The van der Waals surface area contributed by atoms with Gasteiger partial charge in [-0.15, -0.1) is 0 Å². The smallest absolute Gasteiger partial charge is 0.262 e. The van der Waals surface area contributed by atoms with Crippen LogP contribution in [0, 0.1) is 0 Å². The second-order valence-electron chi connectivity index (χ2n) is 22.3. The Labute approximate surface area is 472 Å². The highest BCUT2D eigenvalue weighted by Crippen LogP contribution is 2.47. The van der Waals surface area contributed by atoms with E-state index in [0.29, 0.717) is 5.82 Å². The Bertz CT molecular complexity index is 5540. The largest absolute Gasteiger partial charge is 0.456 e. The SMILES string of the molecule is c1ccc(-c2nc3c4c(n2)-n2c5cccc(-c6ccccc6-c6ccccc6)c5n5c6cc7c(cc6c(c25)B4c2c4cc5oc6ccccc6c5cc4n4c5c(-c6ccccc6-c6ccccc6)cccc5n-3c24)oc2ccccc27)cc1. The summed E-state index contributed by atoms with van der Waals surface area (Å²) in [6.45, 7) is -0.359. The van der Waals surface area contributed by atoms with E-state index in [0.717, 1.165) is 155 Å². The van der Waals surface area contributed by atoms with Gasteiger partial charge in [0.2, 0.25) is 0 Å². The van der Waals surface area contributed by atoms with Gasteiger partial charge in [-0.25, -0.2) is 9.97 Å². The molecule has 9 heterocycles. The fourth-order valence-electron chi connectivity index (χ4n) is 14.8. The molecule has 0 atom stereocenters. The number of para-hydroxylation sites is 4. The Hall–Kier alpha value is -11.2. The minimum absolute atomic E-state index is 0.359. The standard InChI is InChI=1S/C74H41BN6O2/c1-4-20-42(21-5-1)45-26-10-12-28-47(45)51-32-18-34-57-68(51)78-59-38-53-49-30-14-16-36-61(49)82-63(53)40-55(59)65-73(78)80(57)71-67-72(77-70(76-71)44-24-8-3-9-25-44)81-58-35-19-33-52(48-29-13-11-27-46(48)43-22-6-2-7-23-43)69(58)79-60-39-54-50-31-15-17-37-62(50)83-64(54)41-56(60)66(74(79)81)75(65)67/h1-41H. The number of furan rings is 2. The topological polar surface area (TPSA) is 70.7 Å². The molecule has 0 radical (unpaired) electrons.